The molecule has 4 heteroatoms. The summed E-state index contributed by atoms with van der Waals surface area (Å²) in [4.78, 5) is 0. The Morgan fingerprint density at radius 1 is 0.950 bits per heavy atom. The van der Waals surface area contributed by atoms with Crippen LogP contribution in [0.25, 0.3) is 5.70 Å². The highest BCUT2D eigenvalue weighted by Crippen LogP contribution is 2.28. The molecule has 0 amide bonds. The molecule has 1 heterocycles. The Labute approximate surface area is 128 Å². The van der Waals surface area contributed by atoms with Gasteiger partial charge in [0.25, 0.3) is 0 Å². The van der Waals surface area contributed by atoms with Crippen LogP contribution in [-0.2, 0) is 0 Å². The summed E-state index contributed by atoms with van der Waals surface area (Å²) in [5.41, 5.74) is 3.12. The molecule has 0 unspecified atom stereocenters. The molecule has 20 heavy (non-hydrogen) atoms. The zero-order valence-electron chi connectivity index (χ0n) is 10.6. The number of nitrogens with one attached hydrogen (secondary N) is 2. The van der Waals surface area contributed by atoms with E-state index >= 15 is 0 Å². The standard InChI is InChI=1S/C16H13ClN2S/c17-13-9-5-4-8-12(13)15-10-14(18-16(20)19-15)11-6-2-1-3-7-11/h1-10,15H,(H2,18,19,20)/t15-/m0/s1. The van der Waals surface area contributed by atoms with Gasteiger partial charge in [-0.3, -0.25) is 0 Å². The van der Waals surface area contributed by atoms with E-state index in [2.05, 4.69) is 28.8 Å². The lowest BCUT2D eigenvalue weighted by Crippen LogP contribution is -2.40. The third-order valence-corrected chi connectivity index (χ3v) is 3.76. The van der Waals surface area contributed by atoms with Gasteiger partial charge in [0, 0.05) is 10.7 Å². The van der Waals surface area contributed by atoms with Crippen LogP contribution < -0.4 is 10.6 Å². The van der Waals surface area contributed by atoms with Gasteiger partial charge < -0.3 is 10.6 Å². The normalized spacial score (nSPS) is 17.9. The van der Waals surface area contributed by atoms with Crippen LogP contribution in [0.2, 0.25) is 5.02 Å². The van der Waals surface area contributed by atoms with E-state index < -0.39 is 0 Å². The first-order chi connectivity index (χ1) is 9.74. The van der Waals surface area contributed by atoms with Gasteiger partial charge >= 0.3 is 0 Å². The second-order valence-corrected chi connectivity index (χ2v) is 5.36. The quantitative estimate of drug-likeness (QED) is 0.823. The Kier molecular flexibility index (Phi) is 3.72. The number of rotatable bonds is 2. The van der Waals surface area contributed by atoms with Crippen LogP contribution in [-0.4, -0.2) is 5.11 Å². The number of hydrogen-bond donors (Lipinski definition) is 2. The summed E-state index contributed by atoms with van der Waals surface area (Å²) in [6, 6.07) is 17.9. The molecule has 0 bridgehead atoms. The van der Waals surface area contributed by atoms with Crippen molar-refractivity contribution in [1.82, 2.24) is 10.6 Å². The molecule has 2 aromatic rings. The molecule has 0 saturated heterocycles. The van der Waals surface area contributed by atoms with Crippen LogP contribution >= 0.6 is 23.8 Å². The van der Waals surface area contributed by atoms with Gasteiger partial charge in [-0.2, -0.15) is 0 Å². The Morgan fingerprint density at radius 3 is 2.40 bits per heavy atom. The van der Waals surface area contributed by atoms with Crippen LogP contribution in [0.3, 0.4) is 0 Å². The van der Waals surface area contributed by atoms with Crippen LogP contribution in [0.1, 0.15) is 17.2 Å². The predicted octanol–water partition coefficient (Wildman–Crippen LogP) is 3.90. The van der Waals surface area contributed by atoms with Gasteiger partial charge in [0.05, 0.1) is 6.04 Å². The fraction of sp³-hybridized carbons (Fsp3) is 0.0625. The van der Waals surface area contributed by atoms with Crippen molar-refractivity contribution in [2.24, 2.45) is 0 Å². The molecular formula is C16H13ClN2S. The minimum absolute atomic E-state index is 0.0207. The molecule has 0 aromatic heterocycles. The molecule has 1 aliphatic rings. The van der Waals surface area contributed by atoms with Crippen molar-refractivity contribution in [3.05, 3.63) is 76.8 Å². The van der Waals surface area contributed by atoms with Crippen molar-refractivity contribution in [2.45, 2.75) is 6.04 Å². The van der Waals surface area contributed by atoms with E-state index in [4.69, 9.17) is 23.8 Å². The SMILES string of the molecule is S=C1NC(c2ccccc2)=C[C@@H](c2ccccc2Cl)N1. The molecule has 2 aromatic carbocycles. The molecular weight excluding hydrogens is 288 g/mol. The van der Waals surface area contributed by atoms with Gasteiger partial charge in [0.1, 0.15) is 0 Å². The van der Waals surface area contributed by atoms with Crippen molar-refractivity contribution in [1.29, 1.82) is 0 Å². The maximum absolute atomic E-state index is 6.27. The van der Waals surface area contributed by atoms with E-state index in [-0.39, 0.29) is 6.04 Å². The highest BCUT2D eigenvalue weighted by molar-refractivity contribution is 7.80. The molecule has 0 fully saturated rings. The van der Waals surface area contributed by atoms with E-state index in [1.807, 2.05) is 42.5 Å². The zero-order valence-corrected chi connectivity index (χ0v) is 12.2. The molecule has 1 atom stereocenters. The van der Waals surface area contributed by atoms with E-state index in [1.165, 1.54) is 0 Å². The Hall–Kier alpha value is -1.84. The van der Waals surface area contributed by atoms with Gasteiger partial charge in [-0.1, -0.05) is 60.1 Å². The molecule has 2 nitrogen and oxygen atoms in total. The highest BCUT2D eigenvalue weighted by atomic mass is 35.5. The van der Waals surface area contributed by atoms with Gasteiger partial charge in [-0.25, -0.2) is 0 Å². The maximum Gasteiger partial charge on any atom is 0.171 e. The number of hydrogen-bond acceptors (Lipinski definition) is 1. The second kappa shape index (κ2) is 5.65. The van der Waals surface area contributed by atoms with E-state index in [1.54, 1.807) is 0 Å². The first-order valence-corrected chi connectivity index (χ1v) is 7.12. The average molecular weight is 301 g/mol. The molecule has 2 N–H and O–H groups in total. The summed E-state index contributed by atoms with van der Waals surface area (Å²) in [6.07, 6.45) is 2.10. The number of thiocarbonyl (C=S) groups is 1. The van der Waals surface area contributed by atoms with E-state index in [9.17, 15) is 0 Å². The fourth-order valence-corrected chi connectivity index (χ4v) is 2.72. The van der Waals surface area contributed by atoms with E-state index in [0.717, 1.165) is 21.8 Å². The fourth-order valence-electron chi connectivity index (χ4n) is 2.23. The molecule has 0 saturated carbocycles. The third kappa shape index (κ3) is 2.69. The van der Waals surface area contributed by atoms with Crippen molar-refractivity contribution in [3.8, 4) is 0 Å². The van der Waals surface area contributed by atoms with Crippen LogP contribution in [0, 0.1) is 0 Å². The maximum atomic E-state index is 6.27. The average Bonchev–Trinajstić information content (AvgIpc) is 2.48. The summed E-state index contributed by atoms with van der Waals surface area (Å²) >= 11 is 11.6. The third-order valence-electron chi connectivity index (χ3n) is 3.19. The monoisotopic (exact) mass is 300 g/mol. The molecule has 0 aliphatic carbocycles. The van der Waals surface area contributed by atoms with Gasteiger partial charge in [-0.05, 0) is 35.5 Å². The topological polar surface area (TPSA) is 24.1 Å². The molecule has 0 radical (unpaired) electrons. The summed E-state index contributed by atoms with van der Waals surface area (Å²) in [5.74, 6) is 0. The molecule has 100 valence electrons. The summed E-state index contributed by atoms with van der Waals surface area (Å²) in [6.45, 7) is 0. The van der Waals surface area contributed by atoms with Crippen molar-refractivity contribution >= 4 is 34.6 Å². The first-order valence-electron chi connectivity index (χ1n) is 6.33. The Balaban J connectivity index is 2.01. The molecule has 3 rings (SSSR count). The van der Waals surface area contributed by atoms with Crippen LogP contribution in [0.5, 0.6) is 0 Å². The summed E-state index contributed by atoms with van der Waals surface area (Å²) in [5, 5.41) is 7.77. The Morgan fingerprint density at radius 2 is 1.65 bits per heavy atom. The minimum Gasteiger partial charge on any atom is -0.352 e. The number of halogens is 1. The summed E-state index contributed by atoms with van der Waals surface area (Å²) in [7, 11) is 0. The van der Waals surface area contributed by atoms with E-state index in [0.29, 0.717) is 5.11 Å². The molecule has 0 spiro atoms. The highest BCUT2D eigenvalue weighted by Gasteiger charge is 2.19. The molecule has 1 aliphatic heterocycles. The second-order valence-electron chi connectivity index (χ2n) is 4.54. The largest absolute Gasteiger partial charge is 0.352 e. The summed E-state index contributed by atoms with van der Waals surface area (Å²) < 4.78 is 0. The Bertz CT molecular complexity index is 667. The van der Waals surface area contributed by atoms with Crippen molar-refractivity contribution in [3.63, 3.8) is 0 Å². The predicted molar refractivity (Wildman–Crippen MR) is 87.5 cm³/mol. The lowest BCUT2D eigenvalue weighted by Gasteiger charge is -2.26. The zero-order chi connectivity index (χ0) is 13.9. The number of benzene rings is 2. The van der Waals surface area contributed by atoms with Crippen molar-refractivity contribution < 1.29 is 0 Å². The van der Waals surface area contributed by atoms with Gasteiger partial charge in [0.15, 0.2) is 5.11 Å². The lowest BCUT2D eigenvalue weighted by molar-refractivity contribution is 0.766. The first kappa shape index (κ1) is 13.2. The lowest BCUT2D eigenvalue weighted by atomic mass is 10.0. The van der Waals surface area contributed by atoms with Crippen LogP contribution in [0.4, 0.5) is 0 Å². The van der Waals surface area contributed by atoms with Crippen molar-refractivity contribution in [2.75, 3.05) is 0 Å². The van der Waals surface area contributed by atoms with Gasteiger partial charge in [-0.15, -0.1) is 0 Å². The van der Waals surface area contributed by atoms with Crippen LogP contribution in [0.15, 0.2) is 60.7 Å². The van der Waals surface area contributed by atoms with Gasteiger partial charge in [0.2, 0.25) is 0 Å². The smallest absolute Gasteiger partial charge is 0.171 e. The minimum atomic E-state index is -0.0207.